The minimum absolute atomic E-state index is 0.213. The molecule has 3 rings (SSSR count). The van der Waals surface area contributed by atoms with Gasteiger partial charge in [-0.1, -0.05) is 54.6 Å². The molecule has 0 aliphatic rings. The van der Waals surface area contributed by atoms with E-state index in [0.717, 1.165) is 30.9 Å². The second kappa shape index (κ2) is 11.6. The van der Waals surface area contributed by atoms with Gasteiger partial charge in [0.2, 0.25) is 0 Å². The van der Waals surface area contributed by atoms with Gasteiger partial charge in [0.25, 0.3) is 0 Å². The SMILES string of the molecule is CN(Cc1ccc(F)cc1)Cc1ccc(OCC(O)CN(C)Cc2ccccc2)cc1. The minimum atomic E-state index is -0.560. The number of ether oxygens (including phenoxy) is 1. The van der Waals surface area contributed by atoms with Crippen LogP contribution in [0.1, 0.15) is 16.7 Å². The van der Waals surface area contributed by atoms with Crippen molar-refractivity contribution in [1.82, 2.24) is 9.80 Å². The van der Waals surface area contributed by atoms with Gasteiger partial charge in [-0.25, -0.2) is 4.39 Å². The zero-order valence-corrected chi connectivity index (χ0v) is 18.2. The summed E-state index contributed by atoms with van der Waals surface area (Å²) in [5.41, 5.74) is 3.47. The fraction of sp³-hybridized carbons (Fsp3) is 0.308. The van der Waals surface area contributed by atoms with E-state index in [2.05, 4.69) is 21.9 Å². The molecular formula is C26H31FN2O2. The van der Waals surface area contributed by atoms with Crippen LogP contribution in [-0.2, 0) is 19.6 Å². The van der Waals surface area contributed by atoms with Gasteiger partial charge in [-0.3, -0.25) is 9.80 Å². The van der Waals surface area contributed by atoms with Crippen LogP contribution in [0.25, 0.3) is 0 Å². The summed E-state index contributed by atoms with van der Waals surface area (Å²) in [7, 11) is 4.03. The number of likely N-dealkylation sites (N-methyl/N-ethyl adjacent to an activating group) is 1. The van der Waals surface area contributed by atoms with E-state index in [0.29, 0.717) is 6.54 Å². The van der Waals surface area contributed by atoms with E-state index in [1.54, 1.807) is 0 Å². The lowest BCUT2D eigenvalue weighted by Gasteiger charge is -2.21. The molecule has 0 amide bonds. The highest BCUT2D eigenvalue weighted by atomic mass is 19.1. The quantitative estimate of drug-likeness (QED) is 0.499. The fourth-order valence-electron chi connectivity index (χ4n) is 3.52. The van der Waals surface area contributed by atoms with E-state index in [4.69, 9.17) is 4.74 Å². The summed E-state index contributed by atoms with van der Waals surface area (Å²) in [6.45, 7) is 3.12. The Kier molecular flexibility index (Phi) is 8.59. The molecule has 0 saturated carbocycles. The molecule has 1 atom stereocenters. The smallest absolute Gasteiger partial charge is 0.123 e. The first-order valence-corrected chi connectivity index (χ1v) is 10.5. The van der Waals surface area contributed by atoms with Gasteiger partial charge in [0.1, 0.15) is 24.3 Å². The van der Waals surface area contributed by atoms with Crippen LogP contribution >= 0.6 is 0 Å². The summed E-state index contributed by atoms with van der Waals surface area (Å²) in [5, 5.41) is 10.3. The minimum Gasteiger partial charge on any atom is -0.491 e. The summed E-state index contributed by atoms with van der Waals surface area (Å²) < 4.78 is 18.8. The van der Waals surface area contributed by atoms with E-state index >= 15 is 0 Å². The maximum absolute atomic E-state index is 13.0. The normalized spacial score (nSPS) is 12.3. The Balaban J connectivity index is 1.39. The molecule has 0 bridgehead atoms. The molecule has 31 heavy (non-hydrogen) atoms. The molecule has 1 unspecified atom stereocenters. The van der Waals surface area contributed by atoms with Gasteiger partial charge in [-0.15, -0.1) is 0 Å². The lowest BCUT2D eigenvalue weighted by Crippen LogP contribution is -2.32. The molecular weight excluding hydrogens is 391 g/mol. The van der Waals surface area contributed by atoms with Crippen LogP contribution in [-0.4, -0.2) is 48.3 Å². The Morgan fingerprint density at radius 1 is 0.742 bits per heavy atom. The van der Waals surface area contributed by atoms with Gasteiger partial charge in [-0.05, 0) is 55.1 Å². The third kappa shape index (κ3) is 8.13. The molecule has 0 fully saturated rings. The molecule has 3 aromatic rings. The average Bonchev–Trinajstić information content (AvgIpc) is 2.75. The molecule has 164 valence electrons. The van der Waals surface area contributed by atoms with Crippen molar-refractivity contribution in [3.63, 3.8) is 0 Å². The Morgan fingerprint density at radius 2 is 1.26 bits per heavy atom. The summed E-state index contributed by atoms with van der Waals surface area (Å²) in [6, 6.07) is 24.7. The van der Waals surface area contributed by atoms with Crippen molar-refractivity contribution in [3.05, 3.63) is 101 Å². The number of aliphatic hydroxyl groups is 1. The number of benzene rings is 3. The van der Waals surface area contributed by atoms with Crippen molar-refractivity contribution >= 4 is 0 Å². The van der Waals surface area contributed by atoms with E-state index in [9.17, 15) is 9.50 Å². The first kappa shape index (κ1) is 22.9. The summed E-state index contributed by atoms with van der Waals surface area (Å²) in [6.07, 6.45) is -0.560. The zero-order valence-electron chi connectivity index (χ0n) is 18.2. The molecule has 0 spiro atoms. The molecule has 0 heterocycles. The molecule has 1 N–H and O–H groups in total. The standard InChI is InChI=1S/C26H31FN2O2/c1-28(17-22-8-12-24(27)13-9-22)18-23-10-14-26(15-11-23)31-20-25(30)19-29(2)16-21-6-4-3-5-7-21/h3-15,25,30H,16-20H2,1-2H3. The highest BCUT2D eigenvalue weighted by Crippen LogP contribution is 2.15. The Hall–Kier alpha value is -2.73. The first-order chi connectivity index (χ1) is 15.0. The van der Waals surface area contributed by atoms with Gasteiger partial charge in [0.05, 0.1) is 0 Å². The molecule has 4 nitrogen and oxygen atoms in total. The first-order valence-electron chi connectivity index (χ1n) is 10.5. The van der Waals surface area contributed by atoms with E-state index < -0.39 is 6.10 Å². The van der Waals surface area contributed by atoms with Crippen molar-refractivity contribution in [3.8, 4) is 5.75 Å². The number of nitrogens with zero attached hydrogens (tertiary/aromatic N) is 2. The van der Waals surface area contributed by atoms with Crippen LogP contribution in [0.5, 0.6) is 5.75 Å². The van der Waals surface area contributed by atoms with Crippen LogP contribution in [0, 0.1) is 5.82 Å². The molecule has 0 aliphatic heterocycles. The topological polar surface area (TPSA) is 35.9 Å². The molecule has 0 saturated heterocycles. The van der Waals surface area contributed by atoms with Crippen molar-refractivity contribution in [2.45, 2.75) is 25.7 Å². The summed E-state index contributed by atoms with van der Waals surface area (Å²) in [4.78, 5) is 4.26. The van der Waals surface area contributed by atoms with E-state index in [-0.39, 0.29) is 12.4 Å². The number of hydrogen-bond acceptors (Lipinski definition) is 4. The second-order valence-corrected chi connectivity index (χ2v) is 8.09. The van der Waals surface area contributed by atoms with Crippen molar-refractivity contribution < 1.29 is 14.2 Å². The van der Waals surface area contributed by atoms with Crippen LogP contribution in [0.4, 0.5) is 4.39 Å². The Bertz CT molecular complexity index is 901. The molecule has 5 heteroatoms. The van der Waals surface area contributed by atoms with Gasteiger partial charge in [-0.2, -0.15) is 0 Å². The highest BCUT2D eigenvalue weighted by Gasteiger charge is 2.10. The third-order valence-electron chi connectivity index (χ3n) is 5.00. The van der Waals surface area contributed by atoms with Crippen LogP contribution in [0.15, 0.2) is 78.9 Å². The molecule has 0 aromatic heterocycles. The Morgan fingerprint density at radius 3 is 1.87 bits per heavy atom. The highest BCUT2D eigenvalue weighted by molar-refractivity contribution is 5.27. The number of hydrogen-bond donors (Lipinski definition) is 1. The van der Waals surface area contributed by atoms with Crippen LogP contribution in [0.2, 0.25) is 0 Å². The van der Waals surface area contributed by atoms with Crippen LogP contribution in [0.3, 0.4) is 0 Å². The van der Waals surface area contributed by atoms with Gasteiger partial charge >= 0.3 is 0 Å². The lowest BCUT2D eigenvalue weighted by molar-refractivity contribution is 0.0744. The van der Waals surface area contributed by atoms with Gasteiger partial charge in [0.15, 0.2) is 0 Å². The molecule has 3 aromatic carbocycles. The zero-order chi connectivity index (χ0) is 22.1. The monoisotopic (exact) mass is 422 g/mol. The van der Waals surface area contributed by atoms with E-state index in [1.807, 2.05) is 68.7 Å². The summed E-state index contributed by atoms with van der Waals surface area (Å²) in [5.74, 6) is 0.532. The van der Waals surface area contributed by atoms with Crippen molar-refractivity contribution in [2.75, 3.05) is 27.2 Å². The van der Waals surface area contributed by atoms with Gasteiger partial charge < -0.3 is 9.84 Å². The summed E-state index contributed by atoms with van der Waals surface area (Å²) >= 11 is 0. The largest absolute Gasteiger partial charge is 0.491 e. The lowest BCUT2D eigenvalue weighted by atomic mass is 10.1. The van der Waals surface area contributed by atoms with Crippen LogP contribution < -0.4 is 4.74 Å². The predicted molar refractivity (Wildman–Crippen MR) is 122 cm³/mol. The molecule has 0 radical (unpaired) electrons. The number of aliphatic hydroxyl groups excluding tert-OH is 1. The van der Waals surface area contributed by atoms with Crippen molar-refractivity contribution in [2.24, 2.45) is 0 Å². The molecule has 0 aliphatic carbocycles. The maximum Gasteiger partial charge on any atom is 0.123 e. The number of halogens is 1. The Labute approximate surface area is 184 Å². The predicted octanol–water partition coefficient (Wildman–Crippen LogP) is 4.33. The van der Waals surface area contributed by atoms with Crippen molar-refractivity contribution in [1.29, 1.82) is 0 Å². The third-order valence-corrected chi connectivity index (χ3v) is 5.00. The average molecular weight is 423 g/mol. The number of rotatable bonds is 11. The fourth-order valence-corrected chi connectivity index (χ4v) is 3.52. The second-order valence-electron chi connectivity index (χ2n) is 8.09. The maximum atomic E-state index is 13.0. The van der Waals surface area contributed by atoms with E-state index in [1.165, 1.54) is 23.3 Å². The van der Waals surface area contributed by atoms with Gasteiger partial charge in [0, 0.05) is 26.2 Å².